The highest BCUT2D eigenvalue weighted by atomic mass is 16.5. The van der Waals surface area contributed by atoms with Gasteiger partial charge in [0.2, 0.25) is 0 Å². The Morgan fingerprint density at radius 3 is 1.91 bits per heavy atom. The summed E-state index contributed by atoms with van der Waals surface area (Å²) in [6.45, 7) is 10.6. The second-order valence-electron chi connectivity index (χ2n) is 12.7. The van der Waals surface area contributed by atoms with Gasteiger partial charge in [0.25, 0.3) is 11.8 Å². The maximum absolute atomic E-state index is 13.3. The number of hydrogen-bond donors (Lipinski definition) is 0. The highest BCUT2D eigenvalue weighted by Gasteiger charge is 2.41. The molecule has 6 rings (SSSR count). The van der Waals surface area contributed by atoms with Crippen molar-refractivity contribution in [3.05, 3.63) is 47.5 Å². The number of aliphatic imine (C=N–C) groups is 2. The van der Waals surface area contributed by atoms with Gasteiger partial charge in [0.15, 0.2) is 23.0 Å². The summed E-state index contributed by atoms with van der Waals surface area (Å²) in [5, 5.41) is 0. The van der Waals surface area contributed by atoms with Crippen molar-refractivity contribution in [2.75, 3.05) is 40.5 Å². The van der Waals surface area contributed by atoms with Gasteiger partial charge in [0, 0.05) is 37.7 Å². The fourth-order valence-electron chi connectivity index (χ4n) is 6.45. The van der Waals surface area contributed by atoms with Crippen LogP contribution in [0.4, 0.5) is 11.4 Å². The van der Waals surface area contributed by atoms with Gasteiger partial charge in [0.05, 0.1) is 62.0 Å². The van der Waals surface area contributed by atoms with Gasteiger partial charge in [-0.1, -0.05) is 26.0 Å². The van der Waals surface area contributed by atoms with Crippen molar-refractivity contribution in [3.63, 3.8) is 0 Å². The molecule has 0 saturated carbocycles. The molecule has 4 heterocycles. The van der Waals surface area contributed by atoms with E-state index in [2.05, 4.69) is 30.4 Å². The standard InChI is InChI=1S/C34H40N4O6/c1-21-11-22-17-35-26-14-30(28(41-4)12-24(26)32(39)37(22)19-21)43-9-7-6-8-10-44-31-15-27-25(13-29(31)42-5)33(40)38-20-34(2,3)16-23(38)18-36-27/h12-15,17-18,22-23H,1,6-11,16,19-20H2,2-5H3/t22-,23-/m0/s1. The minimum Gasteiger partial charge on any atom is -0.493 e. The smallest absolute Gasteiger partial charge is 0.257 e. The fraction of sp³-hybridized carbons (Fsp3) is 0.471. The Morgan fingerprint density at radius 1 is 0.795 bits per heavy atom. The lowest BCUT2D eigenvalue weighted by molar-refractivity contribution is 0.0758. The summed E-state index contributed by atoms with van der Waals surface area (Å²) in [5.74, 6) is 2.08. The van der Waals surface area contributed by atoms with Crippen molar-refractivity contribution in [1.82, 2.24) is 9.80 Å². The number of unbranched alkanes of at least 4 members (excludes halogenated alkanes) is 2. The molecule has 0 aromatic heterocycles. The monoisotopic (exact) mass is 600 g/mol. The first-order valence-corrected chi connectivity index (χ1v) is 15.2. The molecule has 232 valence electrons. The van der Waals surface area contributed by atoms with Gasteiger partial charge in [-0.15, -0.1) is 0 Å². The van der Waals surface area contributed by atoms with Crippen LogP contribution in [0.2, 0.25) is 0 Å². The van der Waals surface area contributed by atoms with Crippen LogP contribution in [0.1, 0.15) is 66.7 Å². The third-order valence-corrected chi connectivity index (χ3v) is 8.67. The summed E-state index contributed by atoms with van der Waals surface area (Å²) in [4.78, 5) is 39.5. The van der Waals surface area contributed by atoms with E-state index in [0.29, 0.717) is 71.8 Å². The molecule has 44 heavy (non-hydrogen) atoms. The fourth-order valence-corrected chi connectivity index (χ4v) is 6.45. The zero-order valence-electron chi connectivity index (χ0n) is 25.9. The number of methoxy groups -OCH3 is 2. The van der Waals surface area contributed by atoms with Crippen LogP contribution in [0.15, 0.2) is 46.4 Å². The Morgan fingerprint density at radius 2 is 1.34 bits per heavy atom. The first kappa shape index (κ1) is 29.7. The van der Waals surface area contributed by atoms with Crippen molar-refractivity contribution >= 4 is 35.6 Å². The van der Waals surface area contributed by atoms with Gasteiger partial charge in [0.1, 0.15) is 0 Å². The number of benzene rings is 2. The second kappa shape index (κ2) is 12.0. The van der Waals surface area contributed by atoms with E-state index < -0.39 is 0 Å². The number of amides is 2. The van der Waals surface area contributed by atoms with Crippen LogP contribution in [0.3, 0.4) is 0 Å². The molecule has 10 heteroatoms. The predicted molar refractivity (Wildman–Crippen MR) is 169 cm³/mol. The molecule has 10 nitrogen and oxygen atoms in total. The molecule has 2 atom stereocenters. The second-order valence-corrected chi connectivity index (χ2v) is 12.7. The van der Waals surface area contributed by atoms with Crippen LogP contribution in [0.25, 0.3) is 0 Å². The van der Waals surface area contributed by atoms with Crippen molar-refractivity contribution in [2.24, 2.45) is 15.4 Å². The van der Waals surface area contributed by atoms with E-state index in [9.17, 15) is 9.59 Å². The maximum atomic E-state index is 13.3. The van der Waals surface area contributed by atoms with Crippen LogP contribution in [-0.2, 0) is 0 Å². The van der Waals surface area contributed by atoms with Crippen molar-refractivity contribution in [3.8, 4) is 23.0 Å². The lowest BCUT2D eigenvalue weighted by atomic mass is 9.91. The van der Waals surface area contributed by atoms with E-state index in [1.54, 1.807) is 43.4 Å². The lowest BCUT2D eigenvalue weighted by Crippen LogP contribution is -2.36. The number of ether oxygens (including phenoxy) is 4. The zero-order chi connectivity index (χ0) is 31.0. The van der Waals surface area contributed by atoms with Crippen LogP contribution in [0, 0.1) is 5.41 Å². The molecule has 2 aromatic carbocycles. The first-order chi connectivity index (χ1) is 21.2. The molecule has 0 N–H and O–H groups in total. The molecule has 2 aromatic rings. The highest BCUT2D eigenvalue weighted by Crippen LogP contribution is 2.42. The average molecular weight is 601 g/mol. The largest absolute Gasteiger partial charge is 0.493 e. The summed E-state index contributed by atoms with van der Waals surface area (Å²) in [5.41, 5.74) is 3.34. The highest BCUT2D eigenvalue weighted by molar-refractivity contribution is 6.04. The van der Waals surface area contributed by atoms with Crippen LogP contribution < -0.4 is 18.9 Å². The van der Waals surface area contributed by atoms with Crippen molar-refractivity contribution in [2.45, 2.75) is 58.0 Å². The molecule has 2 saturated heterocycles. The summed E-state index contributed by atoms with van der Waals surface area (Å²) in [7, 11) is 3.15. The first-order valence-electron chi connectivity index (χ1n) is 15.2. The molecule has 0 aliphatic carbocycles. The molecule has 2 fully saturated rings. The molecule has 0 unspecified atom stereocenters. The Hall–Kier alpha value is -4.34. The average Bonchev–Trinajstić information content (AvgIpc) is 3.47. The summed E-state index contributed by atoms with van der Waals surface area (Å²) < 4.78 is 23.3. The molecular weight excluding hydrogens is 560 g/mol. The maximum Gasteiger partial charge on any atom is 0.257 e. The minimum absolute atomic E-state index is 0.00189. The van der Waals surface area contributed by atoms with Crippen LogP contribution >= 0.6 is 0 Å². The van der Waals surface area contributed by atoms with Gasteiger partial charge < -0.3 is 28.7 Å². The Balaban J connectivity index is 1.02. The van der Waals surface area contributed by atoms with E-state index in [1.807, 2.05) is 17.3 Å². The van der Waals surface area contributed by atoms with E-state index in [1.165, 1.54) is 0 Å². The molecule has 0 bridgehead atoms. The third kappa shape index (κ3) is 5.77. The molecule has 0 spiro atoms. The van der Waals surface area contributed by atoms with Gasteiger partial charge >= 0.3 is 0 Å². The Labute approximate surface area is 258 Å². The molecule has 0 radical (unpaired) electrons. The summed E-state index contributed by atoms with van der Waals surface area (Å²) in [6.07, 6.45) is 7.82. The zero-order valence-corrected chi connectivity index (χ0v) is 25.9. The number of nitrogens with zero attached hydrogens (tertiary/aromatic N) is 4. The summed E-state index contributed by atoms with van der Waals surface area (Å²) >= 11 is 0. The molecule has 2 amide bonds. The third-order valence-electron chi connectivity index (χ3n) is 8.67. The number of fused-ring (bicyclic) bond motifs is 4. The van der Waals surface area contributed by atoms with Gasteiger partial charge in [-0.05, 0) is 49.7 Å². The van der Waals surface area contributed by atoms with Crippen LogP contribution in [-0.4, -0.2) is 86.6 Å². The predicted octanol–water partition coefficient (Wildman–Crippen LogP) is 5.78. The Kier molecular flexibility index (Phi) is 8.09. The quantitative estimate of drug-likeness (QED) is 0.253. The van der Waals surface area contributed by atoms with E-state index in [4.69, 9.17) is 18.9 Å². The molecular formula is C34H40N4O6. The normalized spacial score (nSPS) is 21.3. The van der Waals surface area contributed by atoms with E-state index in [-0.39, 0.29) is 29.3 Å². The molecule has 4 aliphatic rings. The topological polar surface area (TPSA) is 102 Å². The number of rotatable bonds is 10. The van der Waals surface area contributed by atoms with Crippen molar-refractivity contribution in [1.29, 1.82) is 0 Å². The molecule has 4 aliphatic heterocycles. The minimum atomic E-state index is -0.0695. The van der Waals surface area contributed by atoms with Crippen molar-refractivity contribution < 1.29 is 28.5 Å². The summed E-state index contributed by atoms with van der Waals surface area (Å²) in [6, 6.07) is 6.99. The van der Waals surface area contributed by atoms with E-state index in [0.717, 1.165) is 37.7 Å². The van der Waals surface area contributed by atoms with Gasteiger partial charge in [-0.25, -0.2) is 0 Å². The number of hydrogen-bond acceptors (Lipinski definition) is 8. The number of carbonyl (C=O) groups excluding carboxylic acids is 2. The van der Waals surface area contributed by atoms with Gasteiger partial charge in [-0.3, -0.25) is 19.6 Å². The lowest BCUT2D eigenvalue weighted by Gasteiger charge is -2.22. The number of carbonyl (C=O) groups is 2. The Bertz CT molecular complexity index is 1550. The van der Waals surface area contributed by atoms with Gasteiger partial charge in [-0.2, -0.15) is 0 Å². The van der Waals surface area contributed by atoms with E-state index >= 15 is 0 Å². The SMILES string of the molecule is C=C1C[C@H]2C=Nc3cc(OCCCCCOc4cc5c(cc4OC)C(=O)N4CC(C)(C)C[C@H]4C=N5)c(OC)cc3C(=O)N2C1. The van der Waals surface area contributed by atoms with Crippen LogP contribution in [0.5, 0.6) is 23.0 Å².